The van der Waals surface area contributed by atoms with Gasteiger partial charge in [-0.3, -0.25) is 0 Å². The summed E-state index contributed by atoms with van der Waals surface area (Å²) in [4.78, 5) is 23.4. The van der Waals surface area contributed by atoms with E-state index in [1.54, 1.807) is 30.3 Å². The molecule has 0 fully saturated rings. The lowest BCUT2D eigenvalue weighted by Crippen LogP contribution is -2.40. The third-order valence-corrected chi connectivity index (χ3v) is 3.37. The SMILES string of the molecule is O=C(Nc1ccccc1)N(c1c(Cl)cc(Cl)cc1Cl)[N+](=O)[O-]. The first-order chi connectivity index (χ1) is 10.4. The van der Waals surface area contributed by atoms with Crippen LogP contribution >= 0.6 is 34.8 Å². The number of carbonyl (C=O) groups is 1. The van der Waals surface area contributed by atoms with Gasteiger partial charge >= 0.3 is 6.03 Å². The van der Waals surface area contributed by atoms with E-state index in [9.17, 15) is 14.9 Å². The highest BCUT2D eigenvalue weighted by atomic mass is 35.5. The molecule has 6 nitrogen and oxygen atoms in total. The summed E-state index contributed by atoms with van der Waals surface area (Å²) in [7, 11) is 0. The lowest BCUT2D eigenvalue weighted by Gasteiger charge is -2.16. The van der Waals surface area contributed by atoms with E-state index in [1.807, 2.05) is 0 Å². The standard InChI is InChI=1S/C13H8Cl3N3O3/c14-8-6-10(15)12(11(16)7-8)18(19(21)22)13(20)17-9-4-2-1-3-5-9/h1-7H,(H,17,20). The number of carbonyl (C=O) groups excluding carboxylic acids is 1. The zero-order valence-electron chi connectivity index (χ0n) is 10.8. The number of nitro groups is 1. The van der Waals surface area contributed by atoms with E-state index in [4.69, 9.17) is 34.8 Å². The average molecular weight is 361 g/mol. The van der Waals surface area contributed by atoms with E-state index in [0.717, 1.165) is 0 Å². The first-order valence-electron chi connectivity index (χ1n) is 5.85. The van der Waals surface area contributed by atoms with E-state index in [1.165, 1.54) is 12.1 Å². The van der Waals surface area contributed by atoms with Crippen molar-refractivity contribution in [3.05, 3.63) is 67.6 Å². The van der Waals surface area contributed by atoms with E-state index in [0.29, 0.717) is 5.69 Å². The number of benzene rings is 2. The number of rotatable bonds is 3. The summed E-state index contributed by atoms with van der Waals surface area (Å²) in [6, 6.07) is 9.77. The third kappa shape index (κ3) is 3.59. The van der Waals surface area contributed by atoms with Crippen molar-refractivity contribution in [2.75, 3.05) is 10.3 Å². The average Bonchev–Trinajstić information content (AvgIpc) is 2.43. The normalized spacial score (nSPS) is 10.1. The summed E-state index contributed by atoms with van der Waals surface area (Å²) in [6.45, 7) is 0. The van der Waals surface area contributed by atoms with Crippen molar-refractivity contribution in [3.8, 4) is 0 Å². The Morgan fingerprint density at radius 2 is 1.64 bits per heavy atom. The van der Waals surface area contributed by atoms with Gasteiger partial charge in [-0.15, -0.1) is 0 Å². The van der Waals surface area contributed by atoms with Gasteiger partial charge in [0.05, 0.1) is 10.0 Å². The van der Waals surface area contributed by atoms with Crippen LogP contribution in [0.5, 0.6) is 0 Å². The summed E-state index contributed by atoms with van der Waals surface area (Å²) in [5.74, 6) is 0. The first kappa shape index (κ1) is 16.4. The lowest BCUT2D eigenvalue weighted by molar-refractivity contribution is -0.481. The maximum absolute atomic E-state index is 12.2. The van der Waals surface area contributed by atoms with Crippen molar-refractivity contribution in [2.45, 2.75) is 0 Å². The molecule has 0 bridgehead atoms. The number of para-hydroxylation sites is 1. The smallest absolute Gasteiger partial charge is 0.303 e. The maximum Gasteiger partial charge on any atom is 0.385 e. The molecule has 114 valence electrons. The third-order valence-electron chi connectivity index (χ3n) is 2.57. The molecule has 2 rings (SSSR count). The van der Waals surface area contributed by atoms with Crippen LogP contribution in [0.4, 0.5) is 16.2 Å². The van der Waals surface area contributed by atoms with Crippen molar-refractivity contribution in [2.24, 2.45) is 0 Å². The van der Waals surface area contributed by atoms with Gasteiger partial charge in [-0.1, -0.05) is 53.0 Å². The second-order valence-corrected chi connectivity index (χ2v) is 5.31. The number of urea groups is 1. The minimum absolute atomic E-state index is 0.114. The van der Waals surface area contributed by atoms with Crippen LogP contribution in [-0.2, 0) is 0 Å². The Bertz CT molecular complexity index is 702. The number of hydrogen-bond donors (Lipinski definition) is 1. The molecule has 0 radical (unpaired) electrons. The fraction of sp³-hybridized carbons (Fsp3) is 0. The zero-order chi connectivity index (χ0) is 16.3. The summed E-state index contributed by atoms with van der Waals surface area (Å²) in [5, 5.41) is 12.9. The van der Waals surface area contributed by atoms with E-state index < -0.39 is 11.1 Å². The van der Waals surface area contributed by atoms with Gasteiger partial charge in [-0.25, -0.2) is 14.9 Å². The van der Waals surface area contributed by atoms with Gasteiger partial charge in [0, 0.05) is 10.7 Å². The minimum atomic E-state index is -1.01. The van der Waals surface area contributed by atoms with Crippen molar-refractivity contribution in [1.29, 1.82) is 0 Å². The first-order valence-corrected chi connectivity index (χ1v) is 6.98. The highest BCUT2D eigenvalue weighted by Gasteiger charge is 2.31. The molecular weight excluding hydrogens is 353 g/mol. The highest BCUT2D eigenvalue weighted by molar-refractivity contribution is 6.42. The molecule has 2 amide bonds. The molecule has 2 aromatic rings. The molecule has 0 saturated carbocycles. The largest absolute Gasteiger partial charge is 0.385 e. The van der Waals surface area contributed by atoms with Gasteiger partial charge in [-0.05, 0) is 29.3 Å². The predicted octanol–water partition coefficient (Wildman–Crippen LogP) is 4.88. The number of nitrogens with zero attached hydrogens (tertiary/aromatic N) is 2. The molecule has 0 heterocycles. The molecule has 0 unspecified atom stereocenters. The van der Waals surface area contributed by atoms with Gasteiger partial charge in [0.2, 0.25) is 0 Å². The fourth-order valence-corrected chi connectivity index (χ4v) is 2.67. The Morgan fingerprint density at radius 3 is 2.14 bits per heavy atom. The topological polar surface area (TPSA) is 75.5 Å². The Balaban J connectivity index is 2.39. The number of hydrazine groups is 1. The number of anilines is 2. The lowest BCUT2D eigenvalue weighted by atomic mass is 10.3. The van der Waals surface area contributed by atoms with Crippen molar-refractivity contribution >= 4 is 52.2 Å². The summed E-state index contributed by atoms with van der Waals surface area (Å²) in [6.07, 6.45) is 0. The van der Waals surface area contributed by atoms with Crippen molar-refractivity contribution in [1.82, 2.24) is 0 Å². The van der Waals surface area contributed by atoms with Gasteiger partial charge in [0.15, 0.2) is 10.7 Å². The molecule has 0 saturated heterocycles. The molecule has 0 aliphatic heterocycles. The number of hydrogen-bond acceptors (Lipinski definition) is 3. The molecule has 0 atom stereocenters. The molecule has 0 aromatic heterocycles. The van der Waals surface area contributed by atoms with Crippen LogP contribution in [0.1, 0.15) is 0 Å². The number of nitrogens with one attached hydrogen (secondary N) is 1. The number of halogens is 3. The molecule has 22 heavy (non-hydrogen) atoms. The van der Waals surface area contributed by atoms with E-state index in [-0.39, 0.29) is 25.8 Å². The fourth-order valence-electron chi connectivity index (χ4n) is 1.69. The quantitative estimate of drug-likeness (QED) is 0.626. The molecular formula is C13H8Cl3N3O3. The Hall–Kier alpha value is -2.02. The van der Waals surface area contributed by atoms with Gasteiger partial charge in [-0.2, -0.15) is 0 Å². The van der Waals surface area contributed by atoms with Gasteiger partial charge < -0.3 is 5.32 Å². The monoisotopic (exact) mass is 359 g/mol. The molecule has 0 aliphatic carbocycles. The van der Waals surface area contributed by atoms with Crippen molar-refractivity contribution < 1.29 is 9.83 Å². The second kappa shape index (κ2) is 6.83. The molecule has 9 heteroatoms. The maximum atomic E-state index is 12.2. The Morgan fingerprint density at radius 1 is 1.09 bits per heavy atom. The summed E-state index contributed by atoms with van der Waals surface area (Å²) < 4.78 is 0. The molecule has 0 spiro atoms. The molecule has 2 aromatic carbocycles. The van der Waals surface area contributed by atoms with Crippen LogP contribution in [0.25, 0.3) is 0 Å². The predicted molar refractivity (Wildman–Crippen MR) is 86.4 cm³/mol. The summed E-state index contributed by atoms with van der Waals surface area (Å²) >= 11 is 17.6. The highest BCUT2D eigenvalue weighted by Crippen LogP contribution is 2.36. The zero-order valence-corrected chi connectivity index (χ0v) is 13.1. The van der Waals surface area contributed by atoms with Gasteiger partial charge in [0.25, 0.3) is 0 Å². The van der Waals surface area contributed by atoms with Crippen LogP contribution < -0.4 is 10.3 Å². The summed E-state index contributed by atoms with van der Waals surface area (Å²) in [5.41, 5.74) is 0.131. The second-order valence-electron chi connectivity index (χ2n) is 4.06. The van der Waals surface area contributed by atoms with Gasteiger partial charge in [0.1, 0.15) is 0 Å². The van der Waals surface area contributed by atoms with Crippen LogP contribution in [0.2, 0.25) is 15.1 Å². The van der Waals surface area contributed by atoms with Crippen LogP contribution in [0.15, 0.2) is 42.5 Å². The molecule has 0 aliphatic rings. The van der Waals surface area contributed by atoms with E-state index in [2.05, 4.69) is 5.32 Å². The Kier molecular flexibility index (Phi) is 5.07. The number of amides is 2. The van der Waals surface area contributed by atoms with Crippen LogP contribution in [-0.4, -0.2) is 11.1 Å². The van der Waals surface area contributed by atoms with Crippen molar-refractivity contribution in [3.63, 3.8) is 0 Å². The van der Waals surface area contributed by atoms with Crippen LogP contribution in [0, 0.1) is 10.1 Å². The van der Waals surface area contributed by atoms with Crippen LogP contribution in [0.3, 0.4) is 0 Å². The molecule has 1 N–H and O–H groups in total. The van der Waals surface area contributed by atoms with E-state index >= 15 is 0 Å². The Labute approximate surface area is 140 Å². The minimum Gasteiger partial charge on any atom is -0.303 e.